The molecule has 0 aromatic heterocycles. The van der Waals surface area contributed by atoms with E-state index in [0.29, 0.717) is 0 Å². The van der Waals surface area contributed by atoms with Crippen molar-refractivity contribution in [3.63, 3.8) is 0 Å². The van der Waals surface area contributed by atoms with Crippen LogP contribution in [0.25, 0.3) is 0 Å². The minimum absolute atomic E-state index is 0.196. The third kappa shape index (κ3) is 7.39. The van der Waals surface area contributed by atoms with Gasteiger partial charge in [0.1, 0.15) is 0 Å². The van der Waals surface area contributed by atoms with Crippen molar-refractivity contribution in [3.8, 4) is 0 Å². The second kappa shape index (κ2) is 11.3. The molecule has 0 aromatic rings. The Morgan fingerprint density at radius 1 is 0.750 bits per heavy atom. The molecule has 0 bridgehead atoms. The van der Waals surface area contributed by atoms with Crippen molar-refractivity contribution in [1.29, 1.82) is 0 Å². The summed E-state index contributed by atoms with van der Waals surface area (Å²) in [6.07, 6.45) is 5.83. The number of hydrogen-bond acceptors (Lipinski definition) is 4. The van der Waals surface area contributed by atoms with Crippen LogP contribution in [-0.4, -0.2) is 102 Å². The van der Waals surface area contributed by atoms with Crippen LogP contribution in [0, 0.1) is 0 Å². The maximum atomic E-state index is 2.71. The fraction of sp³-hybridized carbons (Fsp3) is 1.00. The quantitative estimate of drug-likeness (QED) is 0.430. The van der Waals surface area contributed by atoms with Gasteiger partial charge >= 0.3 is 0 Å². The first-order valence-corrected chi connectivity index (χ1v) is 13.4. The zero-order valence-corrected chi connectivity index (χ0v) is 19.4. The molecule has 2 unspecified atom stereocenters. The van der Waals surface area contributed by atoms with Crippen molar-refractivity contribution in [2.45, 2.75) is 50.0 Å². The highest BCUT2D eigenvalue weighted by atomic mass is 31.1. The molecular weight excluding hydrogens is 331 g/mol. The molecule has 4 nitrogen and oxygen atoms in total. The zero-order valence-electron chi connectivity index (χ0n) is 17.5. The van der Waals surface area contributed by atoms with E-state index >= 15 is 0 Å². The molecule has 1 rings (SSSR count). The molecule has 1 saturated carbocycles. The lowest BCUT2D eigenvalue weighted by molar-refractivity contribution is 0.333. The van der Waals surface area contributed by atoms with E-state index in [4.69, 9.17) is 0 Å². The lowest BCUT2D eigenvalue weighted by atomic mass is 9.99. The summed E-state index contributed by atoms with van der Waals surface area (Å²) < 4.78 is 5.41. The molecule has 1 aliphatic rings. The zero-order chi connectivity index (χ0) is 18.3. The largest absolute Gasteiger partial charge is 0.308 e. The standard InChI is InChI=1S/C18H42N4PSi/c1-19(2)13-15-21(5)23(22(6)16-14-20(3)4)17-11-9-10-12-18(17)24(7)8/h17-18H,9-16H2,1-8H3. The first kappa shape index (κ1) is 22.5. The summed E-state index contributed by atoms with van der Waals surface area (Å²) >= 11 is 0. The van der Waals surface area contributed by atoms with E-state index in [1.54, 1.807) is 0 Å². The van der Waals surface area contributed by atoms with Crippen LogP contribution in [0.5, 0.6) is 0 Å². The van der Waals surface area contributed by atoms with Gasteiger partial charge in [0.25, 0.3) is 0 Å². The third-order valence-corrected chi connectivity index (χ3v) is 10.7. The van der Waals surface area contributed by atoms with Crippen LogP contribution in [0.2, 0.25) is 18.6 Å². The van der Waals surface area contributed by atoms with E-state index < -0.39 is 0 Å². The molecule has 0 spiro atoms. The van der Waals surface area contributed by atoms with Crippen LogP contribution in [0.1, 0.15) is 25.7 Å². The molecule has 1 fully saturated rings. The Morgan fingerprint density at radius 2 is 1.21 bits per heavy atom. The van der Waals surface area contributed by atoms with Gasteiger partial charge in [-0.25, -0.2) is 0 Å². The van der Waals surface area contributed by atoms with E-state index in [1.165, 1.54) is 38.8 Å². The summed E-state index contributed by atoms with van der Waals surface area (Å²) in [5.41, 5.74) is 1.91. The molecule has 0 N–H and O–H groups in total. The Morgan fingerprint density at radius 3 is 1.62 bits per heavy atom. The van der Waals surface area contributed by atoms with Crippen molar-refractivity contribution in [3.05, 3.63) is 0 Å². The van der Waals surface area contributed by atoms with Crippen molar-refractivity contribution >= 4 is 17.0 Å². The van der Waals surface area contributed by atoms with Crippen LogP contribution >= 0.6 is 8.22 Å². The van der Waals surface area contributed by atoms with E-state index in [-0.39, 0.29) is 17.0 Å². The van der Waals surface area contributed by atoms with Gasteiger partial charge in [-0.3, -0.25) is 9.34 Å². The summed E-state index contributed by atoms with van der Waals surface area (Å²) in [5.74, 6) is 0. The highest BCUT2D eigenvalue weighted by molar-refractivity contribution is 7.53. The summed E-state index contributed by atoms with van der Waals surface area (Å²) in [4.78, 5) is 4.63. The molecule has 0 amide bonds. The maximum Gasteiger partial charge on any atom is 0.0453 e. The average Bonchev–Trinajstić information content (AvgIpc) is 2.51. The molecule has 2 atom stereocenters. The van der Waals surface area contributed by atoms with Gasteiger partial charge in [-0.2, -0.15) is 0 Å². The number of rotatable bonds is 10. The van der Waals surface area contributed by atoms with Crippen molar-refractivity contribution < 1.29 is 0 Å². The van der Waals surface area contributed by atoms with Gasteiger partial charge in [0.15, 0.2) is 0 Å². The highest BCUT2D eigenvalue weighted by Crippen LogP contribution is 2.56. The lowest BCUT2D eigenvalue weighted by Crippen LogP contribution is -2.40. The summed E-state index contributed by atoms with van der Waals surface area (Å²) in [6.45, 7) is 9.77. The Labute approximate surface area is 155 Å². The molecule has 1 radical (unpaired) electrons. The fourth-order valence-corrected chi connectivity index (χ4v) is 9.74. The third-order valence-electron chi connectivity index (χ3n) is 5.21. The second-order valence-corrected chi connectivity index (χ2v) is 13.8. The summed E-state index contributed by atoms with van der Waals surface area (Å²) in [5, 5.41) is 0. The topological polar surface area (TPSA) is 13.0 Å². The Bertz CT molecular complexity index is 323. The Kier molecular flexibility index (Phi) is 10.6. The molecule has 6 heteroatoms. The van der Waals surface area contributed by atoms with Gasteiger partial charge in [-0.1, -0.05) is 32.4 Å². The van der Waals surface area contributed by atoms with Crippen LogP contribution in [0.15, 0.2) is 0 Å². The molecule has 24 heavy (non-hydrogen) atoms. The molecule has 0 aromatic carbocycles. The SMILES string of the molecule is CN(C)CCN(C)P(C1CCCCC1[Si](C)C)N(C)CCN(C)C. The fourth-order valence-electron chi connectivity index (χ4n) is 3.72. The molecule has 1 aliphatic carbocycles. The van der Waals surface area contributed by atoms with Crippen LogP contribution in [0.3, 0.4) is 0 Å². The summed E-state index contributed by atoms with van der Waals surface area (Å²) in [7, 11) is 13.1. The Hall–Kier alpha value is 0.487. The van der Waals surface area contributed by atoms with Crippen molar-refractivity contribution in [1.82, 2.24) is 19.1 Å². The van der Waals surface area contributed by atoms with Gasteiger partial charge in [0.05, 0.1) is 0 Å². The molecule has 0 heterocycles. The lowest BCUT2D eigenvalue weighted by Gasteiger charge is -2.46. The van der Waals surface area contributed by atoms with Gasteiger partial charge in [-0.05, 0) is 54.2 Å². The van der Waals surface area contributed by atoms with E-state index in [2.05, 4.69) is 74.5 Å². The van der Waals surface area contributed by atoms with Crippen LogP contribution < -0.4 is 0 Å². The summed E-state index contributed by atoms with van der Waals surface area (Å²) in [6, 6.07) is 0. The monoisotopic (exact) mass is 373 g/mol. The normalized spacial score (nSPS) is 22.8. The second-order valence-electron chi connectivity index (χ2n) is 8.23. The maximum absolute atomic E-state index is 2.71. The highest BCUT2D eigenvalue weighted by Gasteiger charge is 2.37. The smallest absolute Gasteiger partial charge is 0.0453 e. The molecule has 0 aliphatic heterocycles. The van der Waals surface area contributed by atoms with E-state index in [0.717, 1.165) is 24.3 Å². The molecule has 143 valence electrons. The first-order valence-electron chi connectivity index (χ1n) is 9.54. The predicted octanol–water partition coefficient (Wildman–Crippen LogP) is 3.35. The molecular formula is C18H42N4PSi. The number of hydrogen-bond donors (Lipinski definition) is 0. The Balaban J connectivity index is 2.88. The van der Waals surface area contributed by atoms with Crippen LogP contribution in [-0.2, 0) is 0 Å². The number of likely N-dealkylation sites (N-methyl/N-ethyl adjacent to an activating group) is 4. The van der Waals surface area contributed by atoms with Crippen LogP contribution in [0.4, 0.5) is 0 Å². The van der Waals surface area contributed by atoms with Gasteiger partial charge < -0.3 is 9.80 Å². The minimum atomic E-state index is -0.214. The van der Waals surface area contributed by atoms with Gasteiger partial charge in [-0.15, -0.1) is 0 Å². The molecule has 0 saturated heterocycles. The van der Waals surface area contributed by atoms with Gasteiger partial charge in [0, 0.05) is 48.9 Å². The van der Waals surface area contributed by atoms with Crippen molar-refractivity contribution in [2.75, 3.05) is 68.5 Å². The van der Waals surface area contributed by atoms with E-state index in [1.807, 2.05) is 0 Å². The minimum Gasteiger partial charge on any atom is -0.308 e. The predicted molar refractivity (Wildman–Crippen MR) is 113 cm³/mol. The van der Waals surface area contributed by atoms with Gasteiger partial charge in [0.2, 0.25) is 0 Å². The average molecular weight is 374 g/mol. The van der Waals surface area contributed by atoms with E-state index in [9.17, 15) is 0 Å². The first-order chi connectivity index (χ1) is 11.2. The van der Waals surface area contributed by atoms with Crippen molar-refractivity contribution in [2.24, 2.45) is 0 Å². The number of nitrogens with zero attached hydrogens (tertiary/aromatic N) is 4.